The van der Waals surface area contributed by atoms with E-state index < -0.39 is 0 Å². The fourth-order valence-electron chi connectivity index (χ4n) is 6.43. The van der Waals surface area contributed by atoms with E-state index in [1.807, 2.05) is 13.0 Å². The average Bonchev–Trinajstić information content (AvgIpc) is 3.83. The first-order valence-electron chi connectivity index (χ1n) is 17.4. The Kier molecular flexibility index (Phi) is 16.8. The summed E-state index contributed by atoms with van der Waals surface area (Å²) in [5.74, 6) is -0.103. The third-order valence-electron chi connectivity index (χ3n) is 9.09. The fraction of sp³-hybridized carbons (Fsp3) is 0.914. The van der Waals surface area contributed by atoms with Crippen LogP contribution in [0.2, 0.25) is 0 Å². The van der Waals surface area contributed by atoms with Crippen LogP contribution in [-0.4, -0.2) is 36.5 Å². The van der Waals surface area contributed by atoms with Crippen molar-refractivity contribution in [2.24, 2.45) is 0 Å². The van der Waals surface area contributed by atoms with Gasteiger partial charge in [0.1, 0.15) is 18.3 Å². The van der Waals surface area contributed by atoms with Crippen LogP contribution < -0.4 is 0 Å². The lowest BCUT2D eigenvalue weighted by Crippen LogP contribution is -2.06. The molecule has 0 N–H and O–H groups in total. The van der Waals surface area contributed by atoms with Crippen LogP contribution in [0.4, 0.5) is 0 Å². The molecule has 2 saturated heterocycles. The summed E-state index contributed by atoms with van der Waals surface area (Å²) in [7, 11) is 0. The van der Waals surface area contributed by atoms with Gasteiger partial charge in [0, 0.05) is 5.57 Å². The van der Waals surface area contributed by atoms with Crippen LogP contribution in [0.15, 0.2) is 11.6 Å². The minimum absolute atomic E-state index is 0.0314. The van der Waals surface area contributed by atoms with Gasteiger partial charge in [-0.15, -0.1) is 0 Å². The Hall–Kier alpha value is -0.870. The molecule has 0 spiro atoms. The molecule has 3 rings (SSSR count). The number of hydrogen-bond donors (Lipinski definition) is 0. The molecule has 4 heteroatoms. The van der Waals surface area contributed by atoms with Gasteiger partial charge >= 0.3 is 5.97 Å². The Balaban J connectivity index is 0.996. The van der Waals surface area contributed by atoms with Gasteiger partial charge in [-0.25, -0.2) is 4.79 Å². The summed E-state index contributed by atoms with van der Waals surface area (Å²) < 4.78 is 17.1. The van der Waals surface area contributed by atoms with Crippen molar-refractivity contribution in [2.45, 2.75) is 205 Å². The molecular formula is C35H62O4. The molecule has 0 aromatic carbocycles. The first-order valence-corrected chi connectivity index (χ1v) is 17.4. The molecule has 0 unspecified atom stereocenters. The number of epoxide rings is 2. The minimum atomic E-state index is -0.103. The lowest BCUT2D eigenvalue weighted by Gasteiger charge is -2.03. The third kappa shape index (κ3) is 14.5. The normalized spacial score (nSPS) is 25.6. The smallest absolute Gasteiger partial charge is 0.334 e. The lowest BCUT2D eigenvalue weighted by molar-refractivity contribution is -0.139. The summed E-state index contributed by atoms with van der Waals surface area (Å²) >= 11 is 0. The standard InChI is InChI=1S/C35H62O4/c1-3-4-5-6-7-8-9-10-11-12-13-14-15-16-20-23-26-31-33(38-31)34-32(39-34)27-24-21-18-17-19-22-25-30-28-29(2)37-35(30)36/h28-29,31-34H,3-27H2,1-2H3/t29-,31-,32-,33+,34+/m1/s1. The van der Waals surface area contributed by atoms with E-state index in [1.54, 1.807) is 0 Å². The molecule has 5 atom stereocenters. The van der Waals surface area contributed by atoms with Crippen LogP contribution in [0.1, 0.15) is 174 Å². The quantitative estimate of drug-likeness (QED) is 0.0584. The summed E-state index contributed by atoms with van der Waals surface area (Å²) in [6, 6.07) is 0. The Morgan fingerprint density at radius 3 is 1.33 bits per heavy atom. The Labute approximate surface area is 241 Å². The van der Waals surface area contributed by atoms with Crippen LogP contribution in [0.5, 0.6) is 0 Å². The van der Waals surface area contributed by atoms with Gasteiger partial charge < -0.3 is 14.2 Å². The van der Waals surface area contributed by atoms with E-state index in [4.69, 9.17) is 14.2 Å². The number of ether oxygens (including phenoxy) is 3. The zero-order chi connectivity index (χ0) is 27.5. The molecule has 0 aromatic heterocycles. The predicted molar refractivity (Wildman–Crippen MR) is 162 cm³/mol. The maximum Gasteiger partial charge on any atom is 0.334 e. The van der Waals surface area contributed by atoms with Crippen LogP contribution in [-0.2, 0) is 19.0 Å². The van der Waals surface area contributed by atoms with Crippen molar-refractivity contribution in [3.63, 3.8) is 0 Å². The van der Waals surface area contributed by atoms with E-state index in [-0.39, 0.29) is 12.1 Å². The van der Waals surface area contributed by atoms with E-state index in [0.717, 1.165) is 18.4 Å². The second kappa shape index (κ2) is 20.1. The first kappa shape index (κ1) is 32.6. The number of carbonyl (C=O) groups is 1. The van der Waals surface area contributed by atoms with Crippen molar-refractivity contribution in [1.29, 1.82) is 0 Å². The highest BCUT2D eigenvalue weighted by Gasteiger charge is 2.56. The highest BCUT2D eigenvalue weighted by Crippen LogP contribution is 2.42. The van der Waals surface area contributed by atoms with Gasteiger partial charge in [-0.3, -0.25) is 0 Å². The predicted octanol–water partition coefficient (Wildman–Crippen LogP) is 10.2. The molecule has 3 heterocycles. The number of cyclic esters (lactones) is 1. The van der Waals surface area contributed by atoms with Gasteiger partial charge in [-0.2, -0.15) is 0 Å². The van der Waals surface area contributed by atoms with Gasteiger partial charge in [0.25, 0.3) is 0 Å². The molecule has 2 fully saturated rings. The summed E-state index contributed by atoms with van der Waals surface area (Å²) in [5.41, 5.74) is 0.884. The molecule has 0 aromatic rings. The van der Waals surface area contributed by atoms with Crippen molar-refractivity contribution in [3.8, 4) is 0 Å². The van der Waals surface area contributed by atoms with E-state index in [2.05, 4.69) is 6.92 Å². The Bertz CT molecular complexity index is 674. The average molecular weight is 547 g/mol. The second-order valence-electron chi connectivity index (χ2n) is 12.8. The highest BCUT2D eigenvalue weighted by atomic mass is 16.7. The summed E-state index contributed by atoms with van der Waals surface area (Å²) in [6.45, 7) is 4.22. The van der Waals surface area contributed by atoms with Crippen LogP contribution >= 0.6 is 0 Å². The van der Waals surface area contributed by atoms with Crippen LogP contribution in [0, 0.1) is 0 Å². The molecule has 39 heavy (non-hydrogen) atoms. The minimum Gasteiger partial charge on any atom is -0.455 e. The maximum atomic E-state index is 11.6. The maximum absolute atomic E-state index is 11.6. The molecule has 3 aliphatic heterocycles. The molecule has 0 aliphatic carbocycles. The number of carbonyl (C=O) groups excluding carboxylic acids is 1. The molecule has 0 bridgehead atoms. The number of unbranched alkanes of at least 4 members (excludes halogenated alkanes) is 20. The third-order valence-corrected chi connectivity index (χ3v) is 9.09. The van der Waals surface area contributed by atoms with Crippen LogP contribution in [0.25, 0.3) is 0 Å². The zero-order valence-electron chi connectivity index (χ0n) is 25.8. The molecule has 0 radical (unpaired) electrons. The SMILES string of the molecule is CCCCCCCCCCCCCCCCCC[C@H]1O[C@@H]1[C@H]1O[C@@H]1CCCCCCCCC1=C[C@@H](C)OC1=O. The molecular weight excluding hydrogens is 484 g/mol. The first-order chi connectivity index (χ1) is 19.2. The molecule has 226 valence electrons. The van der Waals surface area contributed by atoms with Crippen LogP contribution in [0.3, 0.4) is 0 Å². The zero-order valence-corrected chi connectivity index (χ0v) is 25.8. The molecule has 4 nitrogen and oxygen atoms in total. The van der Waals surface area contributed by atoms with Gasteiger partial charge in [0.05, 0.1) is 12.2 Å². The van der Waals surface area contributed by atoms with Gasteiger partial charge in [-0.05, 0) is 38.7 Å². The fourth-order valence-corrected chi connectivity index (χ4v) is 6.43. The topological polar surface area (TPSA) is 51.4 Å². The second-order valence-corrected chi connectivity index (χ2v) is 12.8. The summed E-state index contributed by atoms with van der Waals surface area (Å²) in [4.78, 5) is 11.6. The highest BCUT2D eigenvalue weighted by molar-refractivity contribution is 5.90. The number of esters is 1. The van der Waals surface area contributed by atoms with Gasteiger partial charge in [0.15, 0.2) is 0 Å². The van der Waals surface area contributed by atoms with Crippen molar-refractivity contribution in [2.75, 3.05) is 0 Å². The molecule has 0 saturated carbocycles. The van der Waals surface area contributed by atoms with Gasteiger partial charge in [-0.1, -0.05) is 142 Å². The molecule has 0 amide bonds. The molecule has 3 aliphatic rings. The Morgan fingerprint density at radius 2 is 0.949 bits per heavy atom. The van der Waals surface area contributed by atoms with Crippen molar-refractivity contribution < 1.29 is 19.0 Å². The Morgan fingerprint density at radius 1 is 0.564 bits per heavy atom. The summed E-state index contributed by atoms with van der Waals surface area (Å²) in [6.07, 6.45) is 37.3. The van der Waals surface area contributed by atoms with E-state index >= 15 is 0 Å². The summed E-state index contributed by atoms with van der Waals surface area (Å²) in [5, 5.41) is 0. The van der Waals surface area contributed by atoms with E-state index in [1.165, 1.54) is 148 Å². The van der Waals surface area contributed by atoms with Crippen molar-refractivity contribution in [1.82, 2.24) is 0 Å². The lowest BCUT2D eigenvalue weighted by atomic mass is 10.0. The van der Waals surface area contributed by atoms with Gasteiger partial charge in [0.2, 0.25) is 0 Å². The number of hydrogen-bond acceptors (Lipinski definition) is 4. The monoisotopic (exact) mass is 546 g/mol. The number of rotatable bonds is 27. The van der Waals surface area contributed by atoms with Crippen molar-refractivity contribution in [3.05, 3.63) is 11.6 Å². The largest absolute Gasteiger partial charge is 0.455 e. The van der Waals surface area contributed by atoms with Crippen molar-refractivity contribution >= 4 is 5.97 Å². The van der Waals surface area contributed by atoms with E-state index in [0.29, 0.717) is 24.4 Å². The van der Waals surface area contributed by atoms with E-state index in [9.17, 15) is 4.79 Å².